The molecule has 3 aromatic rings. The molecule has 0 fully saturated rings. The lowest BCUT2D eigenvalue weighted by atomic mass is 10.00. The molecule has 3 rings (SSSR count). The fraction of sp³-hybridized carbons (Fsp3) is 0.333. The Hall–Kier alpha value is -2.80. The minimum atomic E-state index is -1.20. The zero-order valence-corrected chi connectivity index (χ0v) is 14.5. The molecule has 0 aliphatic rings. The van der Waals surface area contributed by atoms with Crippen LogP contribution in [0, 0.1) is 0 Å². The summed E-state index contributed by atoms with van der Waals surface area (Å²) in [5, 5.41) is 21.0. The molecule has 7 heteroatoms. The molecule has 0 spiro atoms. The average molecular weight is 342 g/mol. The second kappa shape index (κ2) is 6.60. The molecule has 2 heterocycles. The number of fused-ring (bicyclic) bond motifs is 1. The molecule has 2 aromatic heterocycles. The van der Waals surface area contributed by atoms with Gasteiger partial charge in [-0.05, 0) is 26.0 Å². The minimum absolute atomic E-state index is 0.0668. The van der Waals surface area contributed by atoms with Gasteiger partial charge in [0, 0.05) is 24.2 Å². The number of aliphatic hydroxyl groups is 1. The normalized spacial score (nSPS) is 14.9. The van der Waals surface area contributed by atoms with Gasteiger partial charge in [-0.15, -0.1) is 0 Å². The molecule has 0 aliphatic heterocycles. The number of para-hydroxylation sites is 1. The van der Waals surface area contributed by atoms with E-state index in [2.05, 4.69) is 15.7 Å². The van der Waals surface area contributed by atoms with Crippen molar-refractivity contribution < 1.29 is 14.3 Å². The number of carbonyl (C=O) groups excluding carboxylic acids is 1. The van der Waals surface area contributed by atoms with Crippen LogP contribution in [-0.2, 0) is 12.6 Å². The number of aromatic nitrogens is 2. The lowest BCUT2D eigenvalue weighted by Crippen LogP contribution is -2.44. The van der Waals surface area contributed by atoms with E-state index >= 15 is 0 Å². The molecule has 0 saturated heterocycles. The van der Waals surface area contributed by atoms with E-state index < -0.39 is 5.60 Å². The van der Waals surface area contributed by atoms with Gasteiger partial charge in [0.05, 0.1) is 18.8 Å². The molecule has 1 aromatic carbocycles. The molecule has 25 heavy (non-hydrogen) atoms. The number of rotatable bonds is 5. The zero-order chi connectivity index (χ0) is 18.0. The SMILES string of the molecule is C[C@@H](NC(=O)NC[C@@](C)(O)c1cnn(C)c1)c1cc2ccccc2o1. The van der Waals surface area contributed by atoms with Crippen molar-refractivity contribution in [3.05, 3.63) is 54.0 Å². The molecule has 132 valence electrons. The highest BCUT2D eigenvalue weighted by Crippen LogP contribution is 2.23. The molecule has 0 unspecified atom stereocenters. The topological polar surface area (TPSA) is 92.3 Å². The van der Waals surface area contributed by atoms with Crippen molar-refractivity contribution in [2.24, 2.45) is 7.05 Å². The third kappa shape index (κ3) is 3.83. The van der Waals surface area contributed by atoms with Gasteiger partial charge in [-0.25, -0.2) is 4.79 Å². The summed E-state index contributed by atoms with van der Waals surface area (Å²) in [5.41, 5.74) is 0.223. The van der Waals surface area contributed by atoms with E-state index in [1.807, 2.05) is 37.3 Å². The molecule has 2 atom stereocenters. The van der Waals surface area contributed by atoms with E-state index in [1.54, 1.807) is 31.0 Å². The third-order valence-corrected chi connectivity index (χ3v) is 4.14. The fourth-order valence-corrected chi connectivity index (χ4v) is 2.59. The number of hydrogen-bond acceptors (Lipinski definition) is 4. The van der Waals surface area contributed by atoms with Gasteiger partial charge in [-0.1, -0.05) is 18.2 Å². The third-order valence-electron chi connectivity index (χ3n) is 4.14. The van der Waals surface area contributed by atoms with Gasteiger partial charge in [-0.3, -0.25) is 4.68 Å². The van der Waals surface area contributed by atoms with Crippen LogP contribution in [0.15, 0.2) is 47.1 Å². The Morgan fingerprint density at radius 1 is 1.44 bits per heavy atom. The number of furan rings is 1. The van der Waals surface area contributed by atoms with Crippen LogP contribution in [0.4, 0.5) is 4.79 Å². The first-order chi connectivity index (χ1) is 11.8. The molecule has 0 radical (unpaired) electrons. The summed E-state index contributed by atoms with van der Waals surface area (Å²) in [7, 11) is 1.77. The summed E-state index contributed by atoms with van der Waals surface area (Å²) in [6, 6.07) is 8.92. The molecule has 2 amide bonds. The molecule has 0 aliphatic carbocycles. The molecular weight excluding hydrogens is 320 g/mol. The highest BCUT2D eigenvalue weighted by atomic mass is 16.3. The van der Waals surface area contributed by atoms with Crippen LogP contribution in [0.1, 0.15) is 31.2 Å². The molecule has 3 N–H and O–H groups in total. The maximum atomic E-state index is 12.1. The van der Waals surface area contributed by atoms with Gasteiger partial charge in [0.1, 0.15) is 16.9 Å². The van der Waals surface area contributed by atoms with Crippen molar-refractivity contribution in [2.45, 2.75) is 25.5 Å². The van der Waals surface area contributed by atoms with Crippen LogP contribution in [0.5, 0.6) is 0 Å². The number of nitrogens with zero attached hydrogens (tertiary/aromatic N) is 2. The number of aryl methyl sites for hydroxylation is 1. The van der Waals surface area contributed by atoms with Crippen LogP contribution < -0.4 is 10.6 Å². The van der Waals surface area contributed by atoms with Crippen LogP contribution in [-0.4, -0.2) is 27.5 Å². The van der Waals surface area contributed by atoms with Gasteiger partial charge < -0.3 is 20.2 Å². The Morgan fingerprint density at radius 3 is 2.88 bits per heavy atom. The Kier molecular flexibility index (Phi) is 4.50. The van der Waals surface area contributed by atoms with Gasteiger partial charge >= 0.3 is 6.03 Å². The predicted octanol–water partition coefficient (Wildman–Crippen LogP) is 2.43. The maximum absolute atomic E-state index is 12.1. The Morgan fingerprint density at radius 2 is 2.20 bits per heavy atom. The van der Waals surface area contributed by atoms with E-state index in [4.69, 9.17) is 4.42 Å². The molecular formula is C18H22N4O3. The Labute approximate surface area is 145 Å². The lowest BCUT2D eigenvalue weighted by Gasteiger charge is -2.23. The summed E-state index contributed by atoms with van der Waals surface area (Å²) >= 11 is 0. The lowest BCUT2D eigenvalue weighted by molar-refractivity contribution is 0.0592. The van der Waals surface area contributed by atoms with E-state index in [-0.39, 0.29) is 18.6 Å². The van der Waals surface area contributed by atoms with Crippen LogP contribution in [0.3, 0.4) is 0 Å². The van der Waals surface area contributed by atoms with Crippen molar-refractivity contribution in [2.75, 3.05) is 6.54 Å². The number of nitrogens with one attached hydrogen (secondary N) is 2. The van der Waals surface area contributed by atoms with Crippen molar-refractivity contribution in [1.82, 2.24) is 20.4 Å². The zero-order valence-electron chi connectivity index (χ0n) is 14.5. The molecule has 0 saturated carbocycles. The molecule has 0 bridgehead atoms. The van der Waals surface area contributed by atoms with Gasteiger partial charge in [0.15, 0.2) is 0 Å². The van der Waals surface area contributed by atoms with Crippen LogP contribution in [0.2, 0.25) is 0 Å². The first-order valence-corrected chi connectivity index (χ1v) is 8.09. The summed E-state index contributed by atoms with van der Waals surface area (Å²) in [4.78, 5) is 12.1. The Bertz CT molecular complexity index is 848. The molecule has 7 nitrogen and oxygen atoms in total. The van der Waals surface area contributed by atoms with Crippen LogP contribution >= 0.6 is 0 Å². The summed E-state index contributed by atoms with van der Waals surface area (Å²) in [5.74, 6) is 0.676. The number of benzene rings is 1. The van der Waals surface area contributed by atoms with Crippen LogP contribution in [0.25, 0.3) is 11.0 Å². The first-order valence-electron chi connectivity index (χ1n) is 8.09. The Balaban J connectivity index is 1.58. The standard InChI is InChI=1S/C18H22N4O3/c1-12(16-8-13-6-4-5-7-15(13)25-16)21-17(23)19-11-18(2,24)14-9-20-22(3)10-14/h4-10,12,24H,11H2,1-3H3,(H2,19,21,23)/t12-,18-/m1/s1. The monoisotopic (exact) mass is 342 g/mol. The van der Waals surface area contributed by atoms with E-state index in [1.165, 1.54) is 0 Å². The highest BCUT2D eigenvalue weighted by Gasteiger charge is 2.25. The highest BCUT2D eigenvalue weighted by molar-refractivity contribution is 5.78. The van der Waals surface area contributed by atoms with Crippen molar-refractivity contribution in [3.63, 3.8) is 0 Å². The van der Waals surface area contributed by atoms with Crippen molar-refractivity contribution >= 4 is 17.0 Å². The number of carbonyl (C=O) groups is 1. The van der Waals surface area contributed by atoms with E-state index in [0.29, 0.717) is 11.3 Å². The largest absolute Gasteiger partial charge is 0.459 e. The van der Waals surface area contributed by atoms with Gasteiger partial charge in [0.2, 0.25) is 0 Å². The number of urea groups is 1. The fourth-order valence-electron chi connectivity index (χ4n) is 2.59. The quantitative estimate of drug-likeness (QED) is 0.664. The smallest absolute Gasteiger partial charge is 0.315 e. The van der Waals surface area contributed by atoms with Crippen molar-refractivity contribution in [1.29, 1.82) is 0 Å². The predicted molar refractivity (Wildman–Crippen MR) is 93.9 cm³/mol. The second-order valence-electron chi connectivity index (χ2n) is 6.41. The maximum Gasteiger partial charge on any atom is 0.315 e. The van der Waals surface area contributed by atoms with Crippen molar-refractivity contribution in [3.8, 4) is 0 Å². The summed E-state index contributed by atoms with van der Waals surface area (Å²) in [6.45, 7) is 3.54. The summed E-state index contributed by atoms with van der Waals surface area (Å²) in [6.07, 6.45) is 3.30. The minimum Gasteiger partial charge on any atom is -0.459 e. The second-order valence-corrected chi connectivity index (χ2v) is 6.41. The number of amides is 2. The van der Waals surface area contributed by atoms with Gasteiger partial charge in [-0.2, -0.15) is 5.10 Å². The van der Waals surface area contributed by atoms with Gasteiger partial charge in [0.25, 0.3) is 0 Å². The van der Waals surface area contributed by atoms with E-state index in [0.717, 1.165) is 11.0 Å². The number of hydrogen-bond donors (Lipinski definition) is 3. The summed E-state index contributed by atoms with van der Waals surface area (Å²) < 4.78 is 7.35. The van der Waals surface area contributed by atoms with E-state index in [9.17, 15) is 9.90 Å². The first kappa shape index (κ1) is 17.0. The average Bonchev–Trinajstić information content (AvgIpc) is 3.19.